The first kappa shape index (κ1) is 21.7. The van der Waals surface area contributed by atoms with Gasteiger partial charge in [-0.25, -0.2) is 8.42 Å². The Morgan fingerprint density at radius 3 is 2.52 bits per heavy atom. The zero-order valence-electron chi connectivity index (χ0n) is 16.2. The van der Waals surface area contributed by atoms with E-state index in [0.29, 0.717) is 18.4 Å². The smallest absolute Gasteiger partial charge is 0.163 e. The summed E-state index contributed by atoms with van der Waals surface area (Å²) in [6.07, 6.45) is 2.73. The highest BCUT2D eigenvalue weighted by atomic mass is 32.2. The molecule has 0 spiro atoms. The van der Waals surface area contributed by atoms with Gasteiger partial charge in [-0.1, -0.05) is 50.6 Å². The molecular weight excluding hydrogens is 364 g/mol. The number of hydrogen-bond donors (Lipinski definition) is 3. The lowest BCUT2D eigenvalue weighted by atomic mass is 9.90. The van der Waals surface area contributed by atoms with E-state index in [1.165, 1.54) is 0 Å². The fourth-order valence-corrected chi connectivity index (χ4v) is 5.66. The number of sulfone groups is 1. The van der Waals surface area contributed by atoms with Gasteiger partial charge >= 0.3 is 0 Å². The van der Waals surface area contributed by atoms with Crippen molar-refractivity contribution >= 4 is 15.9 Å². The molecule has 150 valence electrons. The second-order valence-corrected chi connectivity index (χ2v) is 9.57. The highest BCUT2D eigenvalue weighted by Gasteiger charge is 2.41. The summed E-state index contributed by atoms with van der Waals surface area (Å²) in [5.74, 6) is 0.121. The molecule has 1 aliphatic heterocycles. The largest absolute Gasteiger partial charge is 0.507 e. The minimum absolute atomic E-state index is 0.00317. The van der Waals surface area contributed by atoms with E-state index >= 15 is 0 Å². The van der Waals surface area contributed by atoms with Crippen LogP contribution in [-0.2, 0) is 9.84 Å². The Morgan fingerprint density at radius 1 is 1.30 bits per heavy atom. The molecule has 0 aromatic heterocycles. The quantitative estimate of drug-likeness (QED) is 0.589. The molecule has 0 saturated carbocycles. The van der Waals surface area contributed by atoms with Gasteiger partial charge in [0.05, 0.1) is 18.5 Å². The predicted octanol–water partition coefficient (Wildman–Crippen LogP) is 3.07. The summed E-state index contributed by atoms with van der Waals surface area (Å²) in [6, 6.07) is 7.06. The van der Waals surface area contributed by atoms with Crippen molar-refractivity contribution in [3.05, 3.63) is 46.5 Å². The van der Waals surface area contributed by atoms with E-state index < -0.39 is 27.8 Å². The Labute approximate surface area is 162 Å². The maximum atomic E-state index is 12.3. The maximum Gasteiger partial charge on any atom is 0.163 e. The number of aliphatic hydroxyl groups excluding tert-OH is 2. The first-order valence-corrected chi connectivity index (χ1v) is 11.1. The van der Waals surface area contributed by atoms with E-state index in [1.54, 1.807) is 12.1 Å². The molecule has 27 heavy (non-hydrogen) atoms. The van der Waals surface area contributed by atoms with Crippen molar-refractivity contribution in [1.82, 2.24) is 0 Å². The van der Waals surface area contributed by atoms with E-state index in [-0.39, 0.29) is 17.4 Å². The van der Waals surface area contributed by atoms with Gasteiger partial charge in [0.15, 0.2) is 9.84 Å². The topological polar surface area (TPSA) is 94.8 Å². The number of aromatic hydroxyl groups is 1. The zero-order chi connectivity index (χ0) is 20.2. The molecule has 5 nitrogen and oxygen atoms in total. The number of phenolic OH excluding ortho intramolecular Hbond substituents is 1. The minimum atomic E-state index is -3.46. The molecular formula is C21H30O5S. The van der Waals surface area contributed by atoms with Gasteiger partial charge in [0.2, 0.25) is 0 Å². The summed E-state index contributed by atoms with van der Waals surface area (Å²) in [5, 5.41) is 29.3. The Kier molecular flexibility index (Phi) is 7.25. The Bertz CT molecular complexity index is 821. The molecule has 0 saturated heterocycles. The van der Waals surface area contributed by atoms with Crippen molar-refractivity contribution < 1.29 is 23.7 Å². The minimum Gasteiger partial charge on any atom is -0.507 e. The van der Waals surface area contributed by atoms with Crippen molar-refractivity contribution in [2.45, 2.75) is 51.4 Å². The third-order valence-corrected chi connectivity index (χ3v) is 7.20. The number of rotatable bonds is 8. The molecule has 2 rings (SSSR count). The first-order chi connectivity index (χ1) is 12.7. The number of phenols is 1. The summed E-state index contributed by atoms with van der Waals surface area (Å²) in [4.78, 5) is 0. The van der Waals surface area contributed by atoms with Gasteiger partial charge in [-0.05, 0) is 42.4 Å². The molecule has 1 aliphatic rings. The van der Waals surface area contributed by atoms with Gasteiger partial charge < -0.3 is 15.3 Å². The van der Waals surface area contributed by atoms with Crippen LogP contribution in [0.1, 0.15) is 45.6 Å². The standard InChI is InChI=1S/C21H30O5S/c1-4-15(11-16-7-5-6-8-18(16)23)9-10-19(24)21-17(14(2)3)13-27(25,26)20(21)12-22/h5-8,11,14,19-20,22-24H,4,9-10,12-13H2,1-3H3/b15-11+/t19-,20+/m1/s1. The van der Waals surface area contributed by atoms with Gasteiger partial charge in [0, 0.05) is 5.56 Å². The van der Waals surface area contributed by atoms with E-state index in [4.69, 9.17) is 0 Å². The van der Waals surface area contributed by atoms with Crippen molar-refractivity contribution in [3.63, 3.8) is 0 Å². The number of benzene rings is 1. The van der Waals surface area contributed by atoms with Crippen molar-refractivity contribution in [3.8, 4) is 5.75 Å². The summed E-state index contributed by atoms with van der Waals surface area (Å²) in [5.41, 5.74) is 2.99. The average Bonchev–Trinajstić information content (AvgIpc) is 2.90. The van der Waals surface area contributed by atoms with Gasteiger partial charge in [0.1, 0.15) is 11.0 Å². The van der Waals surface area contributed by atoms with Gasteiger partial charge in [-0.2, -0.15) is 0 Å². The summed E-state index contributed by atoms with van der Waals surface area (Å²) >= 11 is 0. The summed E-state index contributed by atoms with van der Waals surface area (Å²) in [7, 11) is -3.46. The van der Waals surface area contributed by atoms with Crippen LogP contribution < -0.4 is 0 Å². The molecule has 0 aliphatic carbocycles. The molecule has 1 heterocycles. The number of para-hydroxylation sites is 1. The number of aliphatic hydroxyl groups is 2. The van der Waals surface area contributed by atoms with Gasteiger partial charge in [-0.15, -0.1) is 0 Å². The molecule has 2 atom stereocenters. The maximum absolute atomic E-state index is 12.3. The lowest BCUT2D eigenvalue weighted by molar-refractivity contribution is 0.187. The third kappa shape index (κ3) is 5.00. The normalized spacial score (nSPS) is 21.1. The Balaban J connectivity index is 2.20. The molecule has 0 bridgehead atoms. The van der Waals surface area contributed by atoms with E-state index in [9.17, 15) is 23.7 Å². The van der Waals surface area contributed by atoms with Gasteiger partial charge in [0.25, 0.3) is 0 Å². The van der Waals surface area contributed by atoms with E-state index in [2.05, 4.69) is 0 Å². The third-order valence-electron chi connectivity index (χ3n) is 5.22. The molecule has 0 amide bonds. The SMILES string of the molecule is CC/C(=C\c1ccccc1O)CC[C@@H](O)C1=C(C(C)C)CS(=O)(=O)[C@H]1CO. The van der Waals surface area contributed by atoms with Crippen LogP contribution in [0.15, 0.2) is 41.0 Å². The highest BCUT2D eigenvalue weighted by molar-refractivity contribution is 7.92. The fourth-order valence-electron chi connectivity index (χ4n) is 3.60. The summed E-state index contributed by atoms with van der Waals surface area (Å²) < 4.78 is 24.7. The van der Waals surface area contributed by atoms with Crippen LogP contribution in [0.4, 0.5) is 0 Å². The van der Waals surface area contributed by atoms with E-state index in [0.717, 1.165) is 23.1 Å². The molecule has 6 heteroatoms. The molecule has 1 aromatic carbocycles. The van der Waals surface area contributed by atoms with Crippen molar-refractivity contribution in [2.75, 3.05) is 12.4 Å². The van der Waals surface area contributed by atoms with Crippen molar-refractivity contribution in [1.29, 1.82) is 0 Å². The Hall–Kier alpha value is -1.63. The van der Waals surface area contributed by atoms with Crippen LogP contribution in [0.2, 0.25) is 0 Å². The number of hydrogen-bond acceptors (Lipinski definition) is 5. The molecule has 1 aromatic rings. The lowest BCUT2D eigenvalue weighted by Crippen LogP contribution is -2.29. The Morgan fingerprint density at radius 2 is 1.96 bits per heavy atom. The van der Waals surface area contributed by atoms with Crippen LogP contribution in [0, 0.1) is 5.92 Å². The second kappa shape index (κ2) is 9.04. The fraction of sp³-hybridized carbons (Fsp3) is 0.524. The number of allylic oxidation sites excluding steroid dienone is 1. The van der Waals surface area contributed by atoms with E-state index in [1.807, 2.05) is 39.0 Å². The second-order valence-electron chi connectivity index (χ2n) is 7.38. The van der Waals surface area contributed by atoms with Crippen LogP contribution in [0.25, 0.3) is 6.08 Å². The zero-order valence-corrected chi connectivity index (χ0v) is 17.0. The highest BCUT2D eigenvalue weighted by Crippen LogP contribution is 2.35. The molecule has 0 unspecified atom stereocenters. The van der Waals surface area contributed by atoms with Crippen LogP contribution in [0.3, 0.4) is 0 Å². The van der Waals surface area contributed by atoms with Crippen LogP contribution >= 0.6 is 0 Å². The van der Waals surface area contributed by atoms with Crippen LogP contribution in [-0.4, -0.2) is 47.5 Å². The first-order valence-electron chi connectivity index (χ1n) is 9.42. The lowest BCUT2D eigenvalue weighted by Gasteiger charge is -2.20. The molecule has 0 radical (unpaired) electrons. The molecule has 3 N–H and O–H groups in total. The summed E-state index contributed by atoms with van der Waals surface area (Å²) in [6.45, 7) is 5.33. The van der Waals surface area contributed by atoms with Crippen LogP contribution in [0.5, 0.6) is 5.75 Å². The average molecular weight is 395 g/mol. The monoisotopic (exact) mass is 394 g/mol. The van der Waals surface area contributed by atoms with Gasteiger partial charge in [-0.3, -0.25) is 0 Å². The van der Waals surface area contributed by atoms with Crippen molar-refractivity contribution in [2.24, 2.45) is 5.92 Å². The predicted molar refractivity (Wildman–Crippen MR) is 108 cm³/mol. The molecule has 0 fully saturated rings.